The Morgan fingerprint density at radius 2 is 1.71 bits per heavy atom. The molecule has 0 aliphatic carbocycles. The molecule has 174 valence electrons. The fraction of sp³-hybridized carbons (Fsp3) is 0.185. The second kappa shape index (κ2) is 9.79. The van der Waals surface area contributed by atoms with E-state index in [1.165, 1.54) is 36.3 Å². The van der Waals surface area contributed by atoms with Crippen LogP contribution in [0.15, 0.2) is 78.4 Å². The number of carbonyl (C=O) groups excluding carboxylic acids is 2. The van der Waals surface area contributed by atoms with Crippen LogP contribution in [0.3, 0.4) is 0 Å². The van der Waals surface area contributed by atoms with Gasteiger partial charge in [-0.3, -0.25) is 14.5 Å². The number of carbonyl (C=O) groups is 2. The van der Waals surface area contributed by atoms with Gasteiger partial charge < -0.3 is 14.6 Å². The maximum Gasteiger partial charge on any atom is 0.300 e. The zero-order chi connectivity index (χ0) is 24.2. The molecule has 0 radical (unpaired) electrons. The lowest BCUT2D eigenvalue weighted by molar-refractivity contribution is -0.132. The highest BCUT2D eigenvalue weighted by Crippen LogP contribution is 2.43. The van der Waals surface area contributed by atoms with Crippen LogP contribution in [-0.4, -0.2) is 30.5 Å². The zero-order valence-corrected chi connectivity index (χ0v) is 18.8. The average Bonchev–Trinajstić information content (AvgIpc) is 3.13. The molecule has 1 atom stereocenters. The molecule has 34 heavy (non-hydrogen) atoms. The molecule has 0 bridgehead atoms. The Kier molecular flexibility index (Phi) is 6.63. The molecule has 0 aromatic heterocycles. The SMILES string of the molecule is CCCOc1cccc(/C(O)=C2\C(=O)C(=O)N(c3cccc(OC)c3)C2c2ccc(F)cc2)c1. The van der Waals surface area contributed by atoms with Crippen molar-refractivity contribution < 1.29 is 28.6 Å². The summed E-state index contributed by atoms with van der Waals surface area (Å²) >= 11 is 0. The quantitative estimate of drug-likeness (QED) is 0.296. The number of nitrogens with zero attached hydrogens (tertiary/aromatic N) is 1. The Labute approximate surface area is 196 Å². The molecule has 1 heterocycles. The number of hydrogen-bond acceptors (Lipinski definition) is 5. The third-order valence-electron chi connectivity index (χ3n) is 5.54. The van der Waals surface area contributed by atoms with Crippen molar-refractivity contribution >= 4 is 23.1 Å². The van der Waals surface area contributed by atoms with Crippen LogP contribution in [0.2, 0.25) is 0 Å². The van der Waals surface area contributed by atoms with Crippen LogP contribution >= 0.6 is 0 Å². The van der Waals surface area contributed by atoms with Crippen molar-refractivity contribution in [2.24, 2.45) is 0 Å². The largest absolute Gasteiger partial charge is 0.507 e. The van der Waals surface area contributed by atoms with E-state index in [0.29, 0.717) is 34.9 Å². The minimum absolute atomic E-state index is 0.0907. The van der Waals surface area contributed by atoms with Gasteiger partial charge in [-0.2, -0.15) is 0 Å². The highest BCUT2D eigenvalue weighted by molar-refractivity contribution is 6.51. The van der Waals surface area contributed by atoms with E-state index in [-0.39, 0.29) is 11.3 Å². The lowest BCUT2D eigenvalue weighted by atomic mass is 9.95. The molecule has 3 aromatic rings. The molecule has 1 aliphatic rings. The van der Waals surface area contributed by atoms with Crippen LogP contribution in [-0.2, 0) is 9.59 Å². The average molecular weight is 461 g/mol. The van der Waals surface area contributed by atoms with Crippen LogP contribution in [0.1, 0.15) is 30.5 Å². The number of ketones is 1. The summed E-state index contributed by atoms with van der Waals surface area (Å²) in [5.74, 6) is -1.40. The topological polar surface area (TPSA) is 76.1 Å². The van der Waals surface area contributed by atoms with Crippen molar-refractivity contribution in [3.05, 3.63) is 95.3 Å². The van der Waals surface area contributed by atoms with Crippen molar-refractivity contribution in [3.8, 4) is 11.5 Å². The fourth-order valence-electron chi connectivity index (χ4n) is 3.93. The Bertz CT molecular complexity index is 1250. The molecule has 4 rings (SSSR count). The molecule has 1 amide bonds. The predicted octanol–water partition coefficient (Wildman–Crippen LogP) is 5.25. The van der Waals surface area contributed by atoms with E-state index in [2.05, 4.69) is 0 Å². The molecule has 0 spiro atoms. The summed E-state index contributed by atoms with van der Waals surface area (Å²) in [5, 5.41) is 11.2. The summed E-state index contributed by atoms with van der Waals surface area (Å²) in [5.41, 5.74) is 1.13. The summed E-state index contributed by atoms with van der Waals surface area (Å²) in [6.07, 6.45) is 0.812. The van der Waals surface area contributed by atoms with Gasteiger partial charge in [0.25, 0.3) is 11.7 Å². The zero-order valence-electron chi connectivity index (χ0n) is 18.8. The second-order valence-electron chi connectivity index (χ2n) is 7.80. The molecule has 1 N–H and O–H groups in total. The van der Waals surface area contributed by atoms with Gasteiger partial charge in [0.15, 0.2) is 0 Å². The molecule has 6 nitrogen and oxygen atoms in total. The number of methoxy groups -OCH3 is 1. The van der Waals surface area contributed by atoms with Crippen molar-refractivity contribution in [2.45, 2.75) is 19.4 Å². The monoisotopic (exact) mass is 461 g/mol. The third-order valence-corrected chi connectivity index (χ3v) is 5.54. The van der Waals surface area contributed by atoms with Gasteiger partial charge in [-0.05, 0) is 48.4 Å². The molecule has 3 aromatic carbocycles. The molecular formula is C27H24FNO5. The maximum absolute atomic E-state index is 13.7. The smallest absolute Gasteiger partial charge is 0.300 e. The van der Waals surface area contributed by atoms with Crippen molar-refractivity contribution in [1.29, 1.82) is 0 Å². The lowest BCUT2D eigenvalue weighted by Gasteiger charge is -2.25. The van der Waals surface area contributed by atoms with Crippen LogP contribution < -0.4 is 14.4 Å². The predicted molar refractivity (Wildman–Crippen MR) is 126 cm³/mol. The molecule has 1 aliphatic heterocycles. The van der Waals surface area contributed by atoms with Gasteiger partial charge in [0, 0.05) is 17.3 Å². The second-order valence-corrected chi connectivity index (χ2v) is 7.80. The van der Waals surface area contributed by atoms with Crippen molar-refractivity contribution in [3.63, 3.8) is 0 Å². The fourth-order valence-corrected chi connectivity index (χ4v) is 3.93. The summed E-state index contributed by atoms with van der Waals surface area (Å²) in [6.45, 7) is 2.48. The molecule has 1 fully saturated rings. The number of amides is 1. The highest BCUT2D eigenvalue weighted by atomic mass is 19.1. The van der Waals surface area contributed by atoms with E-state index < -0.39 is 23.5 Å². The number of benzene rings is 3. The maximum atomic E-state index is 13.7. The van der Waals surface area contributed by atoms with Crippen LogP contribution in [0.4, 0.5) is 10.1 Å². The molecule has 7 heteroatoms. The first-order valence-corrected chi connectivity index (χ1v) is 10.9. The van der Waals surface area contributed by atoms with E-state index in [9.17, 15) is 19.1 Å². The van der Waals surface area contributed by atoms with E-state index in [1.54, 1.807) is 48.5 Å². The molecular weight excluding hydrogens is 437 g/mol. The minimum Gasteiger partial charge on any atom is -0.507 e. The van der Waals surface area contributed by atoms with E-state index in [4.69, 9.17) is 9.47 Å². The van der Waals surface area contributed by atoms with Gasteiger partial charge in [0.2, 0.25) is 0 Å². The Balaban J connectivity index is 1.89. The van der Waals surface area contributed by atoms with E-state index in [0.717, 1.165) is 6.42 Å². The highest BCUT2D eigenvalue weighted by Gasteiger charge is 2.47. The van der Waals surface area contributed by atoms with Crippen molar-refractivity contribution in [1.82, 2.24) is 0 Å². The van der Waals surface area contributed by atoms with E-state index in [1.807, 2.05) is 6.92 Å². The van der Waals surface area contributed by atoms with Gasteiger partial charge in [-0.1, -0.05) is 37.3 Å². The normalized spacial score (nSPS) is 17.1. The molecule has 1 saturated heterocycles. The van der Waals surface area contributed by atoms with Gasteiger partial charge in [-0.25, -0.2) is 4.39 Å². The molecule has 0 saturated carbocycles. The summed E-state index contributed by atoms with van der Waals surface area (Å²) in [7, 11) is 1.50. The van der Waals surface area contributed by atoms with Gasteiger partial charge in [0.1, 0.15) is 23.1 Å². The van der Waals surface area contributed by atoms with Gasteiger partial charge in [-0.15, -0.1) is 0 Å². The van der Waals surface area contributed by atoms with Gasteiger partial charge >= 0.3 is 0 Å². The van der Waals surface area contributed by atoms with Gasteiger partial charge in [0.05, 0.1) is 25.3 Å². The summed E-state index contributed by atoms with van der Waals surface area (Å²) in [4.78, 5) is 27.7. The number of ether oxygens (including phenoxy) is 2. The third kappa shape index (κ3) is 4.37. The summed E-state index contributed by atoms with van der Waals surface area (Å²) < 4.78 is 24.6. The number of rotatable bonds is 7. The first kappa shape index (κ1) is 23.0. The number of halogens is 1. The van der Waals surface area contributed by atoms with Crippen molar-refractivity contribution in [2.75, 3.05) is 18.6 Å². The van der Waals surface area contributed by atoms with E-state index >= 15 is 0 Å². The van der Waals surface area contributed by atoms with Crippen LogP contribution in [0, 0.1) is 5.82 Å². The Morgan fingerprint density at radius 1 is 1.00 bits per heavy atom. The number of Topliss-reactive ketones (excluding diaryl/α,β-unsaturated/α-hetero) is 1. The van der Waals surface area contributed by atoms with Crippen LogP contribution in [0.5, 0.6) is 11.5 Å². The number of aliphatic hydroxyl groups is 1. The first-order valence-electron chi connectivity index (χ1n) is 10.9. The van der Waals surface area contributed by atoms with Crippen LogP contribution in [0.25, 0.3) is 5.76 Å². The standard InChI is InChI=1S/C27H24FNO5/c1-3-14-34-22-9-4-6-18(15-22)25(30)23-24(17-10-12-19(28)13-11-17)29(27(32)26(23)31)20-7-5-8-21(16-20)33-2/h4-13,15-16,24,30H,3,14H2,1-2H3/b25-23+. The summed E-state index contributed by atoms with van der Waals surface area (Å²) in [6, 6.07) is 17.9. The first-order chi connectivity index (χ1) is 16.4. The molecule has 1 unspecified atom stereocenters. The Hall–Kier alpha value is -4.13. The number of aliphatic hydroxyl groups excluding tert-OH is 1. The number of hydrogen-bond donors (Lipinski definition) is 1. The lowest BCUT2D eigenvalue weighted by Crippen LogP contribution is -2.29. The minimum atomic E-state index is -0.965. The number of anilines is 1. The Morgan fingerprint density at radius 3 is 2.41 bits per heavy atom.